The van der Waals surface area contributed by atoms with Crippen LogP contribution in [0.2, 0.25) is 0 Å². The van der Waals surface area contributed by atoms with Gasteiger partial charge in [-0.2, -0.15) is 9.29 Å². The van der Waals surface area contributed by atoms with E-state index in [1.807, 2.05) is 24.3 Å². The van der Waals surface area contributed by atoms with Crippen LogP contribution in [0.1, 0.15) is 36.1 Å². The SMILES string of the molecule is CCc1ccc(NC(=O)[C@H]2CCCN(S(=O)(=O)c3cc(-c4noc(C)n4)sc3C)C2)cc1. The van der Waals surface area contributed by atoms with E-state index in [1.165, 1.54) is 21.2 Å². The van der Waals surface area contributed by atoms with E-state index in [0.717, 1.165) is 12.1 Å². The normalized spacial score (nSPS) is 17.4. The number of piperidine rings is 1. The summed E-state index contributed by atoms with van der Waals surface area (Å²) in [6.45, 7) is 6.08. The van der Waals surface area contributed by atoms with Crippen molar-refractivity contribution >= 4 is 33.0 Å². The number of hydrogen-bond donors (Lipinski definition) is 1. The van der Waals surface area contributed by atoms with Crippen molar-refractivity contribution in [3.63, 3.8) is 0 Å². The quantitative estimate of drug-likeness (QED) is 0.579. The standard InChI is InChI=1S/C22H26N4O4S2/c1-4-16-7-9-18(10-8-16)24-22(27)17-6-5-11-26(13-17)32(28,29)20-12-19(31-14(20)2)21-23-15(3)30-25-21/h7-10,12,17H,4-6,11,13H2,1-3H3,(H,24,27)/t17-/m0/s1. The minimum atomic E-state index is -3.74. The Kier molecular flexibility index (Phi) is 6.45. The van der Waals surface area contributed by atoms with Gasteiger partial charge in [-0.25, -0.2) is 8.42 Å². The third kappa shape index (κ3) is 4.62. The fraction of sp³-hybridized carbons (Fsp3) is 0.409. The summed E-state index contributed by atoms with van der Waals surface area (Å²) < 4.78 is 33.2. The minimum Gasteiger partial charge on any atom is -0.339 e. The lowest BCUT2D eigenvalue weighted by Crippen LogP contribution is -2.43. The van der Waals surface area contributed by atoms with Crippen LogP contribution in [0.15, 0.2) is 39.8 Å². The Bertz CT molecular complexity index is 1220. The van der Waals surface area contributed by atoms with Crippen molar-refractivity contribution in [2.45, 2.75) is 44.9 Å². The highest BCUT2D eigenvalue weighted by Crippen LogP contribution is 2.35. The molecule has 1 fully saturated rings. The predicted molar refractivity (Wildman–Crippen MR) is 123 cm³/mol. The molecule has 1 amide bonds. The molecule has 0 radical (unpaired) electrons. The van der Waals surface area contributed by atoms with Gasteiger partial charge in [-0.1, -0.05) is 24.2 Å². The monoisotopic (exact) mass is 474 g/mol. The highest BCUT2D eigenvalue weighted by Gasteiger charge is 2.35. The Hall–Kier alpha value is -2.56. The van der Waals surface area contributed by atoms with Crippen LogP contribution in [0.5, 0.6) is 0 Å². The minimum absolute atomic E-state index is 0.154. The van der Waals surface area contributed by atoms with Gasteiger partial charge in [0.05, 0.1) is 15.7 Å². The fourth-order valence-corrected chi connectivity index (χ4v) is 6.82. The smallest absolute Gasteiger partial charge is 0.244 e. The number of carbonyl (C=O) groups is 1. The van der Waals surface area contributed by atoms with Gasteiger partial charge >= 0.3 is 0 Å². The molecule has 32 heavy (non-hydrogen) atoms. The van der Waals surface area contributed by atoms with Crippen molar-refractivity contribution in [3.05, 3.63) is 46.7 Å². The number of thiophene rings is 1. The van der Waals surface area contributed by atoms with E-state index in [-0.39, 0.29) is 17.3 Å². The van der Waals surface area contributed by atoms with Crippen LogP contribution in [0.4, 0.5) is 5.69 Å². The van der Waals surface area contributed by atoms with Crippen LogP contribution in [-0.2, 0) is 21.2 Å². The number of rotatable bonds is 6. The first kappa shape index (κ1) is 22.6. The average molecular weight is 475 g/mol. The van der Waals surface area contributed by atoms with E-state index in [9.17, 15) is 13.2 Å². The molecule has 1 atom stereocenters. The van der Waals surface area contributed by atoms with Gasteiger partial charge < -0.3 is 9.84 Å². The van der Waals surface area contributed by atoms with Gasteiger partial charge in [-0.05, 0) is 49.9 Å². The number of carbonyl (C=O) groups excluding carboxylic acids is 1. The zero-order valence-corrected chi connectivity index (χ0v) is 19.9. The molecule has 1 aliphatic rings. The van der Waals surface area contributed by atoms with Gasteiger partial charge in [0.1, 0.15) is 0 Å². The largest absolute Gasteiger partial charge is 0.339 e. The molecule has 170 valence electrons. The zero-order chi connectivity index (χ0) is 22.9. The molecule has 10 heteroatoms. The van der Waals surface area contributed by atoms with Crippen molar-refractivity contribution in [1.29, 1.82) is 0 Å². The summed E-state index contributed by atoms with van der Waals surface area (Å²) in [5.74, 6) is 0.244. The first-order valence-corrected chi connectivity index (χ1v) is 12.8. The molecule has 1 aliphatic heterocycles. The second-order valence-corrected chi connectivity index (χ2v) is 11.1. The fourth-order valence-electron chi connectivity index (χ4n) is 3.81. The zero-order valence-electron chi connectivity index (χ0n) is 18.3. The molecule has 3 heterocycles. The summed E-state index contributed by atoms with van der Waals surface area (Å²) in [7, 11) is -3.74. The maximum Gasteiger partial charge on any atom is 0.244 e. The molecule has 0 saturated carbocycles. The Balaban J connectivity index is 1.49. The predicted octanol–water partition coefficient (Wildman–Crippen LogP) is 4.02. The van der Waals surface area contributed by atoms with Gasteiger partial charge in [0.25, 0.3) is 0 Å². The van der Waals surface area contributed by atoms with Crippen LogP contribution in [0, 0.1) is 19.8 Å². The van der Waals surface area contributed by atoms with E-state index in [2.05, 4.69) is 22.4 Å². The van der Waals surface area contributed by atoms with Gasteiger partial charge in [0.2, 0.25) is 27.6 Å². The summed E-state index contributed by atoms with van der Waals surface area (Å²) in [5.41, 5.74) is 1.92. The third-order valence-electron chi connectivity index (χ3n) is 5.62. The topological polar surface area (TPSA) is 105 Å². The van der Waals surface area contributed by atoms with Crippen molar-refractivity contribution in [2.24, 2.45) is 5.92 Å². The molecule has 4 rings (SSSR count). The summed E-state index contributed by atoms with van der Waals surface area (Å²) in [6, 6.07) is 9.32. The van der Waals surface area contributed by atoms with Crippen LogP contribution in [0.3, 0.4) is 0 Å². The van der Waals surface area contributed by atoms with Crippen LogP contribution in [0.25, 0.3) is 10.7 Å². The molecule has 0 bridgehead atoms. The second-order valence-electron chi connectivity index (χ2n) is 7.91. The van der Waals surface area contributed by atoms with Gasteiger partial charge in [0, 0.05) is 30.6 Å². The highest BCUT2D eigenvalue weighted by atomic mass is 32.2. The molecule has 2 aromatic heterocycles. The van der Waals surface area contributed by atoms with Crippen LogP contribution < -0.4 is 5.32 Å². The number of amides is 1. The Labute approximate surface area is 191 Å². The number of hydrogen-bond acceptors (Lipinski definition) is 7. The van der Waals surface area contributed by atoms with Crippen molar-refractivity contribution in [2.75, 3.05) is 18.4 Å². The highest BCUT2D eigenvalue weighted by molar-refractivity contribution is 7.89. The van der Waals surface area contributed by atoms with E-state index in [4.69, 9.17) is 4.52 Å². The Morgan fingerprint density at radius 3 is 2.69 bits per heavy atom. The molecule has 0 aliphatic carbocycles. The molecular formula is C22H26N4O4S2. The van der Waals surface area contributed by atoms with Crippen LogP contribution >= 0.6 is 11.3 Å². The summed E-state index contributed by atoms with van der Waals surface area (Å²) >= 11 is 1.31. The number of sulfonamides is 1. The number of aryl methyl sites for hydroxylation is 3. The first-order valence-electron chi connectivity index (χ1n) is 10.6. The van der Waals surface area contributed by atoms with E-state index in [0.29, 0.717) is 40.9 Å². The summed E-state index contributed by atoms with van der Waals surface area (Å²) in [5, 5.41) is 6.81. The maximum atomic E-state index is 13.4. The lowest BCUT2D eigenvalue weighted by molar-refractivity contribution is -0.120. The number of nitrogens with zero attached hydrogens (tertiary/aromatic N) is 3. The number of aromatic nitrogens is 2. The third-order valence-corrected chi connectivity index (χ3v) is 8.79. The van der Waals surface area contributed by atoms with Gasteiger partial charge in [-0.3, -0.25) is 4.79 Å². The lowest BCUT2D eigenvalue weighted by atomic mass is 9.98. The maximum absolute atomic E-state index is 13.4. The molecule has 1 aromatic carbocycles. The number of benzene rings is 1. The lowest BCUT2D eigenvalue weighted by Gasteiger charge is -2.31. The number of nitrogens with one attached hydrogen (secondary N) is 1. The Morgan fingerprint density at radius 1 is 1.28 bits per heavy atom. The van der Waals surface area contributed by atoms with Crippen LogP contribution in [-0.4, -0.2) is 41.9 Å². The van der Waals surface area contributed by atoms with E-state index in [1.54, 1.807) is 19.9 Å². The molecule has 8 nitrogen and oxygen atoms in total. The molecule has 1 saturated heterocycles. The van der Waals surface area contributed by atoms with E-state index >= 15 is 0 Å². The molecule has 0 unspecified atom stereocenters. The van der Waals surface area contributed by atoms with E-state index < -0.39 is 15.9 Å². The van der Waals surface area contributed by atoms with Crippen molar-refractivity contribution in [1.82, 2.24) is 14.4 Å². The first-order chi connectivity index (χ1) is 15.3. The average Bonchev–Trinajstić information content (AvgIpc) is 3.40. The van der Waals surface area contributed by atoms with Gasteiger partial charge in [0.15, 0.2) is 0 Å². The van der Waals surface area contributed by atoms with Crippen molar-refractivity contribution in [3.8, 4) is 10.7 Å². The Morgan fingerprint density at radius 2 is 2.03 bits per heavy atom. The van der Waals surface area contributed by atoms with Gasteiger partial charge in [-0.15, -0.1) is 11.3 Å². The molecule has 1 N–H and O–H groups in total. The molecular weight excluding hydrogens is 448 g/mol. The molecule has 0 spiro atoms. The van der Waals surface area contributed by atoms with Crippen molar-refractivity contribution < 1.29 is 17.7 Å². The summed E-state index contributed by atoms with van der Waals surface area (Å²) in [6.07, 6.45) is 2.22. The summed E-state index contributed by atoms with van der Waals surface area (Å²) in [4.78, 5) is 18.5. The molecule has 3 aromatic rings. The number of anilines is 1. The second kappa shape index (κ2) is 9.13.